The summed E-state index contributed by atoms with van der Waals surface area (Å²) in [6.07, 6.45) is 7.80. The molecule has 0 aliphatic rings. The number of hydrogen-bond donors (Lipinski definition) is 2. The number of nitrogens with one attached hydrogen (secondary N) is 1. The maximum Gasteiger partial charge on any atom is 0.0466 e. The minimum Gasteiger partial charge on any atom is -0.271 e. The second kappa shape index (κ2) is 7.83. The number of allylic oxidation sites excluding steroid dienone is 1. The maximum atomic E-state index is 5.77. The number of rotatable bonds is 8. The molecule has 0 aromatic heterocycles. The molecule has 0 amide bonds. The fourth-order valence-electron chi connectivity index (χ4n) is 2.70. The van der Waals surface area contributed by atoms with Crippen molar-refractivity contribution in [1.82, 2.24) is 5.43 Å². The standard InChI is InChI=1S/C18H24N2/c1-2-3-4-5-6-14-18(20-19)17-13-9-11-15-10-7-8-12-16(15)17/h2,7-13,18,20H,1,3-6,14,19H2. The first-order chi connectivity index (χ1) is 9.86. The molecule has 2 heteroatoms. The van der Waals surface area contributed by atoms with Crippen molar-refractivity contribution in [2.45, 2.75) is 38.1 Å². The molecule has 1 atom stereocenters. The van der Waals surface area contributed by atoms with E-state index in [0.29, 0.717) is 0 Å². The highest BCUT2D eigenvalue weighted by molar-refractivity contribution is 5.86. The van der Waals surface area contributed by atoms with Crippen LogP contribution in [0.15, 0.2) is 55.1 Å². The van der Waals surface area contributed by atoms with Gasteiger partial charge in [0.1, 0.15) is 0 Å². The summed E-state index contributed by atoms with van der Waals surface area (Å²) >= 11 is 0. The number of hydrogen-bond acceptors (Lipinski definition) is 2. The zero-order chi connectivity index (χ0) is 14.2. The predicted octanol–water partition coefficient (Wildman–Crippen LogP) is 4.48. The van der Waals surface area contributed by atoms with Crippen molar-refractivity contribution in [2.75, 3.05) is 0 Å². The molecule has 2 rings (SSSR count). The third-order valence-electron chi connectivity index (χ3n) is 3.80. The van der Waals surface area contributed by atoms with Crippen LogP contribution in [0.5, 0.6) is 0 Å². The molecule has 0 saturated carbocycles. The Morgan fingerprint density at radius 2 is 1.85 bits per heavy atom. The van der Waals surface area contributed by atoms with Gasteiger partial charge in [-0.3, -0.25) is 11.3 Å². The molecule has 2 aromatic rings. The summed E-state index contributed by atoms with van der Waals surface area (Å²) in [6, 6.07) is 15.1. The van der Waals surface area contributed by atoms with Crippen LogP contribution in [0.3, 0.4) is 0 Å². The van der Waals surface area contributed by atoms with E-state index in [-0.39, 0.29) is 6.04 Å². The van der Waals surface area contributed by atoms with E-state index in [9.17, 15) is 0 Å². The fraction of sp³-hybridized carbons (Fsp3) is 0.333. The number of nitrogens with two attached hydrogens (primary N) is 1. The van der Waals surface area contributed by atoms with Gasteiger partial charge in [0, 0.05) is 6.04 Å². The second-order valence-corrected chi connectivity index (χ2v) is 5.21. The van der Waals surface area contributed by atoms with Crippen LogP contribution in [-0.2, 0) is 0 Å². The Balaban J connectivity index is 2.07. The van der Waals surface area contributed by atoms with E-state index in [1.165, 1.54) is 35.6 Å². The molecule has 2 aromatic carbocycles. The molecule has 0 aliphatic heterocycles. The van der Waals surface area contributed by atoms with Crippen molar-refractivity contribution in [2.24, 2.45) is 5.84 Å². The third-order valence-corrected chi connectivity index (χ3v) is 3.80. The molecule has 0 aliphatic carbocycles. The smallest absolute Gasteiger partial charge is 0.0466 e. The van der Waals surface area contributed by atoms with Crippen LogP contribution in [0.4, 0.5) is 0 Å². The van der Waals surface area contributed by atoms with E-state index < -0.39 is 0 Å². The van der Waals surface area contributed by atoms with Crippen LogP contribution in [0.25, 0.3) is 10.8 Å². The predicted molar refractivity (Wildman–Crippen MR) is 87.3 cm³/mol. The van der Waals surface area contributed by atoms with Gasteiger partial charge in [0.2, 0.25) is 0 Å². The second-order valence-electron chi connectivity index (χ2n) is 5.21. The van der Waals surface area contributed by atoms with Gasteiger partial charge in [-0.1, -0.05) is 61.4 Å². The van der Waals surface area contributed by atoms with Crippen molar-refractivity contribution in [1.29, 1.82) is 0 Å². The maximum absolute atomic E-state index is 5.77. The van der Waals surface area contributed by atoms with Crippen molar-refractivity contribution in [3.05, 3.63) is 60.7 Å². The number of fused-ring (bicyclic) bond motifs is 1. The molecule has 20 heavy (non-hydrogen) atoms. The first-order valence-corrected chi connectivity index (χ1v) is 7.41. The van der Waals surface area contributed by atoms with Crippen LogP contribution in [-0.4, -0.2) is 0 Å². The van der Waals surface area contributed by atoms with Crippen LogP contribution >= 0.6 is 0 Å². The van der Waals surface area contributed by atoms with Crippen LogP contribution in [0, 0.1) is 0 Å². The van der Waals surface area contributed by atoms with Crippen LogP contribution in [0.1, 0.15) is 43.7 Å². The Labute approximate surface area is 121 Å². The van der Waals surface area contributed by atoms with Gasteiger partial charge in [-0.05, 0) is 35.6 Å². The van der Waals surface area contributed by atoms with Gasteiger partial charge in [0.25, 0.3) is 0 Å². The summed E-state index contributed by atoms with van der Waals surface area (Å²) < 4.78 is 0. The molecule has 0 heterocycles. The van der Waals surface area contributed by atoms with Crippen molar-refractivity contribution >= 4 is 10.8 Å². The lowest BCUT2D eigenvalue weighted by atomic mass is 9.95. The van der Waals surface area contributed by atoms with E-state index in [1.54, 1.807) is 0 Å². The van der Waals surface area contributed by atoms with E-state index >= 15 is 0 Å². The van der Waals surface area contributed by atoms with Gasteiger partial charge in [0.15, 0.2) is 0 Å². The van der Waals surface area contributed by atoms with E-state index in [2.05, 4.69) is 54.5 Å². The lowest BCUT2D eigenvalue weighted by molar-refractivity contribution is 0.486. The van der Waals surface area contributed by atoms with Crippen LogP contribution in [0.2, 0.25) is 0 Å². The summed E-state index contributed by atoms with van der Waals surface area (Å²) in [6.45, 7) is 3.76. The minimum atomic E-state index is 0.227. The van der Waals surface area contributed by atoms with Crippen LogP contribution < -0.4 is 11.3 Å². The fourth-order valence-corrected chi connectivity index (χ4v) is 2.70. The van der Waals surface area contributed by atoms with E-state index in [0.717, 1.165) is 12.8 Å². The normalized spacial score (nSPS) is 12.4. The van der Waals surface area contributed by atoms with Gasteiger partial charge < -0.3 is 0 Å². The van der Waals surface area contributed by atoms with E-state index in [4.69, 9.17) is 5.84 Å². The highest BCUT2D eigenvalue weighted by atomic mass is 15.2. The van der Waals surface area contributed by atoms with Gasteiger partial charge in [-0.2, -0.15) is 0 Å². The number of unbranched alkanes of at least 4 members (excludes halogenated alkanes) is 3. The number of hydrazine groups is 1. The van der Waals surface area contributed by atoms with Crippen molar-refractivity contribution in [3.63, 3.8) is 0 Å². The largest absolute Gasteiger partial charge is 0.271 e. The molecule has 2 nitrogen and oxygen atoms in total. The monoisotopic (exact) mass is 268 g/mol. The average Bonchev–Trinajstić information content (AvgIpc) is 2.51. The molecule has 0 radical (unpaired) electrons. The highest BCUT2D eigenvalue weighted by Crippen LogP contribution is 2.27. The molecule has 0 saturated heterocycles. The van der Waals surface area contributed by atoms with E-state index in [1.807, 2.05) is 6.08 Å². The molecule has 0 bridgehead atoms. The lowest BCUT2D eigenvalue weighted by Crippen LogP contribution is -2.28. The topological polar surface area (TPSA) is 38.0 Å². The summed E-state index contributed by atoms with van der Waals surface area (Å²) in [4.78, 5) is 0. The Bertz CT molecular complexity index is 543. The lowest BCUT2D eigenvalue weighted by Gasteiger charge is -2.18. The molecular weight excluding hydrogens is 244 g/mol. The highest BCUT2D eigenvalue weighted by Gasteiger charge is 2.12. The molecule has 0 spiro atoms. The molecular formula is C18H24N2. The zero-order valence-corrected chi connectivity index (χ0v) is 12.0. The summed E-state index contributed by atoms with van der Waals surface area (Å²) in [5, 5.41) is 2.57. The molecule has 3 N–H and O–H groups in total. The zero-order valence-electron chi connectivity index (χ0n) is 12.0. The molecule has 1 unspecified atom stereocenters. The Hall–Kier alpha value is -1.64. The Morgan fingerprint density at radius 1 is 1.05 bits per heavy atom. The molecule has 0 fully saturated rings. The van der Waals surface area contributed by atoms with Gasteiger partial charge >= 0.3 is 0 Å². The number of benzene rings is 2. The van der Waals surface area contributed by atoms with Gasteiger partial charge in [-0.15, -0.1) is 6.58 Å². The third kappa shape index (κ3) is 3.69. The van der Waals surface area contributed by atoms with Gasteiger partial charge in [-0.25, -0.2) is 0 Å². The first-order valence-electron chi connectivity index (χ1n) is 7.41. The Morgan fingerprint density at radius 3 is 2.65 bits per heavy atom. The summed E-state index contributed by atoms with van der Waals surface area (Å²) in [7, 11) is 0. The first kappa shape index (κ1) is 14.8. The average molecular weight is 268 g/mol. The van der Waals surface area contributed by atoms with Crippen molar-refractivity contribution < 1.29 is 0 Å². The Kier molecular flexibility index (Phi) is 5.78. The SMILES string of the molecule is C=CCCCCCC(NN)c1cccc2ccccc12. The minimum absolute atomic E-state index is 0.227. The molecule has 106 valence electrons. The quantitative estimate of drug-likeness (QED) is 0.320. The van der Waals surface area contributed by atoms with Gasteiger partial charge in [0.05, 0.1) is 0 Å². The van der Waals surface area contributed by atoms with Crippen molar-refractivity contribution in [3.8, 4) is 0 Å². The summed E-state index contributed by atoms with van der Waals surface area (Å²) in [5.41, 5.74) is 4.28. The summed E-state index contributed by atoms with van der Waals surface area (Å²) in [5.74, 6) is 5.77.